The van der Waals surface area contributed by atoms with Gasteiger partial charge in [-0.15, -0.1) is 0 Å². The predicted molar refractivity (Wildman–Crippen MR) is 85.2 cm³/mol. The molecule has 0 fully saturated rings. The third-order valence-corrected chi connectivity index (χ3v) is 3.23. The van der Waals surface area contributed by atoms with E-state index in [9.17, 15) is 20.3 Å². The van der Waals surface area contributed by atoms with Crippen molar-refractivity contribution < 1.29 is 19.9 Å². The van der Waals surface area contributed by atoms with Crippen LogP contribution in [-0.4, -0.2) is 35.0 Å². The molecule has 2 aromatic carbocycles. The van der Waals surface area contributed by atoms with Crippen molar-refractivity contribution in [3.05, 3.63) is 63.7 Å². The van der Waals surface area contributed by atoms with Gasteiger partial charge in [-0.1, -0.05) is 0 Å². The zero-order valence-electron chi connectivity index (χ0n) is 12.4. The number of aliphatic imine (C=N–C) groups is 1. The number of nitro groups is 1. The van der Waals surface area contributed by atoms with Gasteiger partial charge >= 0.3 is 0 Å². The molecular weight excluding hydrogens is 300 g/mol. The van der Waals surface area contributed by atoms with Gasteiger partial charge in [0.05, 0.1) is 24.7 Å². The molecule has 2 aromatic rings. The van der Waals surface area contributed by atoms with E-state index in [1.807, 2.05) is 0 Å². The maximum atomic E-state index is 10.6. The Morgan fingerprint density at radius 3 is 2.61 bits per heavy atom. The highest BCUT2D eigenvalue weighted by Gasteiger charge is 2.10. The minimum Gasteiger partial charge on any atom is -0.507 e. The lowest BCUT2D eigenvalue weighted by Crippen LogP contribution is -2.02. The Hall–Kier alpha value is -2.93. The minimum absolute atomic E-state index is 0.0363. The molecule has 2 N–H and O–H groups in total. The summed E-state index contributed by atoms with van der Waals surface area (Å²) in [4.78, 5) is 14.2. The Labute approximate surface area is 132 Å². The zero-order chi connectivity index (χ0) is 16.8. The van der Waals surface area contributed by atoms with Gasteiger partial charge in [-0.05, 0) is 35.9 Å². The maximum absolute atomic E-state index is 10.6. The lowest BCUT2D eigenvalue weighted by Gasteiger charge is -2.08. The second kappa shape index (κ2) is 7.37. The zero-order valence-corrected chi connectivity index (χ0v) is 12.4. The van der Waals surface area contributed by atoms with Crippen LogP contribution in [-0.2, 0) is 0 Å². The Morgan fingerprint density at radius 2 is 2.00 bits per heavy atom. The number of rotatable bonds is 6. The Balaban J connectivity index is 2.03. The molecular formula is C16H16N2O5. The monoisotopic (exact) mass is 316 g/mol. The van der Waals surface area contributed by atoms with Crippen molar-refractivity contribution in [1.29, 1.82) is 0 Å². The SMILES string of the molecule is COc1ccc(O)c(C=NC[C@H](O)c2ccc([N+](=O)[O-])cc2)c1. The molecule has 1 atom stereocenters. The molecule has 0 spiro atoms. The summed E-state index contributed by atoms with van der Waals surface area (Å²) >= 11 is 0. The molecule has 0 heterocycles. The average Bonchev–Trinajstić information content (AvgIpc) is 2.56. The van der Waals surface area contributed by atoms with E-state index in [2.05, 4.69) is 4.99 Å². The summed E-state index contributed by atoms with van der Waals surface area (Å²) in [7, 11) is 1.52. The van der Waals surface area contributed by atoms with Gasteiger partial charge in [-0.2, -0.15) is 0 Å². The van der Waals surface area contributed by atoms with Crippen LogP contribution in [0.25, 0.3) is 0 Å². The Kier molecular flexibility index (Phi) is 5.27. The molecule has 0 bridgehead atoms. The van der Waals surface area contributed by atoms with Crippen molar-refractivity contribution in [1.82, 2.24) is 0 Å². The van der Waals surface area contributed by atoms with Gasteiger partial charge in [-0.25, -0.2) is 0 Å². The van der Waals surface area contributed by atoms with Crippen LogP contribution in [0.2, 0.25) is 0 Å². The molecule has 0 unspecified atom stereocenters. The molecule has 0 aromatic heterocycles. The Bertz CT molecular complexity index is 713. The van der Waals surface area contributed by atoms with Crippen molar-refractivity contribution in [3.63, 3.8) is 0 Å². The normalized spacial score (nSPS) is 12.3. The number of hydrogen-bond donors (Lipinski definition) is 2. The van der Waals surface area contributed by atoms with Crippen molar-refractivity contribution >= 4 is 11.9 Å². The summed E-state index contributed by atoms with van der Waals surface area (Å²) in [5.41, 5.74) is 0.966. The second-order valence-electron chi connectivity index (χ2n) is 4.78. The lowest BCUT2D eigenvalue weighted by molar-refractivity contribution is -0.384. The smallest absolute Gasteiger partial charge is 0.269 e. The number of aromatic hydroxyl groups is 1. The van der Waals surface area contributed by atoms with E-state index in [0.717, 1.165) is 0 Å². The highest BCUT2D eigenvalue weighted by molar-refractivity contribution is 5.84. The van der Waals surface area contributed by atoms with Gasteiger partial charge in [0.15, 0.2) is 0 Å². The van der Waals surface area contributed by atoms with Crippen molar-refractivity contribution in [3.8, 4) is 11.5 Å². The minimum atomic E-state index is -0.889. The van der Waals surface area contributed by atoms with Crippen LogP contribution in [0.4, 0.5) is 5.69 Å². The van der Waals surface area contributed by atoms with Crippen molar-refractivity contribution in [2.24, 2.45) is 4.99 Å². The van der Waals surface area contributed by atoms with E-state index in [1.54, 1.807) is 12.1 Å². The van der Waals surface area contributed by atoms with Gasteiger partial charge in [0, 0.05) is 23.9 Å². The van der Waals surface area contributed by atoms with Gasteiger partial charge in [0.1, 0.15) is 11.5 Å². The summed E-state index contributed by atoms with van der Waals surface area (Å²) in [6.07, 6.45) is 0.548. The first-order valence-corrected chi connectivity index (χ1v) is 6.80. The van der Waals surface area contributed by atoms with Crippen LogP contribution in [0, 0.1) is 10.1 Å². The second-order valence-corrected chi connectivity index (χ2v) is 4.78. The van der Waals surface area contributed by atoms with Gasteiger partial charge < -0.3 is 14.9 Å². The van der Waals surface area contributed by atoms with Crippen LogP contribution >= 0.6 is 0 Å². The number of non-ortho nitro benzene ring substituents is 1. The van der Waals surface area contributed by atoms with E-state index >= 15 is 0 Å². The average molecular weight is 316 g/mol. The summed E-state index contributed by atoms with van der Waals surface area (Å²) < 4.78 is 5.06. The van der Waals surface area contributed by atoms with Gasteiger partial charge in [0.2, 0.25) is 0 Å². The maximum Gasteiger partial charge on any atom is 0.269 e. The number of methoxy groups -OCH3 is 1. The number of aliphatic hydroxyl groups excluding tert-OH is 1. The molecule has 0 saturated heterocycles. The van der Waals surface area contributed by atoms with Crippen LogP contribution in [0.15, 0.2) is 47.5 Å². The number of aliphatic hydroxyl groups is 1. The molecule has 0 saturated carbocycles. The first-order valence-electron chi connectivity index (χ1n) is 6.80. The Morgan fingerprint density at radius 1 is 1.30 bits per heavy atom. The fraction of sp³-hybridized carbons (Fsp3) is 0.188. The summed E-state index contributed by atoms with van der Waals surface area (Å²) in [6, 6.07) is 10.4. The number of nitro benzene ring substituents is 1. The molecule has 120 valence electrons. The number of nitrogens with zero attached hydrogens (tertiary/aromatic N) is 2. The molecule has 7 nitrogen and oxygen atoms in total. The van der Waals surface area contributed by atoms with Gasteiger partial charge in [-0.3, -0.25) is 15.1 Å². The molecule has 0 aliphatic rings. The summed E-state index contributed by atoms with van der Waals surface area (Å²) in [6.45, 7) is 0.0639. The number of phenolic OH excluding ortho intramolecular Hbond substituents is 1. The molecule has 0 amide bonds. The summed E-state index contributed by atoms with van der Waals surface area (Å²) in [5.74, 6) is 0.638. The van der Waals surface area contributed by atoms with Crippen molar-refractivity contribution in [2.75, 3.05) is 13.7 Å². The molecule has 7 heteroatoms. The number of ether oxygens (including phenoxy) is 1. The molecule has 2 rings (SSSR count). The highest BCUT2D eigenvalue weighted by atomic mass is 16.6. The standard InChI is InChI=1S/C16H16N2O5/c1-23-14-6-7-15(19)12(8-14)9-17-10-16(20)11-2-4-13(5-3-11)18(21)22/h2-9,16,19-20H,10H2,1H3/t16-/m0/s1. The van der Waals surface area contributed by atoms with Crippen LogP contribution in [0.5, 0.6) is 11.5 Å². The highest BCUT2D eigenvalue weighted by Crippen LogP contribution is 2.22. The van der Waals surface area contributed by atoms with Gasteiger partial charge in [0.25, 0.3) is 5.69 Å². The molecule has 23 heavy (non-hydrogen) atoms. The summed E-state index contributed by atoms with van der Waals surface area (Å²) in [5, 5.41) is 30.3. The number of benzene rings is 2. The molecule has 0 radical (unpaired) electrons. The third kappa shape index (κ3) is 4.27. The van der Waals surface area contributed by atoms with Crippen LogP contribution in [0.3, 0.4) is 0 Å². The largest absolute Gasteiger partial charge is 0.507 e. The number of phenols is 1. The van der Waals surface area contributed by atoms with E-state index in [0.29, 0.717) is 16.9 Å². The van der Waals surface area contributed by atoms with Crippen LogP contribution < -0.4 is 4.74 Å². The van der Waals surface area contributed by atoms with Crippen molar-refractivity contribution in [2.45, 2.75) is 6.10 Å². The molecule has 0 aliphatic heterocycles. The third-order valence-electron chi connectivity index (χ3n) is 3.23. The number of hydrogen-bond acceptors (Lipinski definition) is 6. The van der Waals surface area contributed by atoms with E-state index in [-0.39, 0.29) is 18.0 Å². The fourth-order valence-electron chi connectivity index (χ4n) is 1.94. The molecule has 0 aliphatic carbocycles. The van der Waals surface area contributed by atoms with E-state index < -0.39 is 11.0 Å². The fourth-order valence-corrected chi connectivity index (χ4v) is 1.94. The topological polar surface area (TPSA) is 105 Å². The lowest BCUT2D eigenvalue weighted by atomic mass is 10.1. The predicted octanol–water partition coefficient (Wildman–Crippen LogP) is 2.46. The van der Waals surface area contributed by atoms with Crippen LogP contribution in [0.1, 0.15) is 17.2 Å². The first kappa shape index (κ1) is 16.4. The first-order chi connectivity index (χ1) is 11.0. The van der Waals surface area contributed by atoms with E-state index in [4.69, 9.17) is 4.74 Å². The quantitative estimate of drug-likeness (QED) is 0.484. The van der Waals surface area contributed by atoms with E-state index in [1.165, 1.54) is 43.7 Å².